The number of hydrogen-bond donors (Lipinski definition) is 1. The predicted molar refractivity (Wildman–Crippen MR) is 91.7 cm³/mol. The third-order valence-corrected chi connectivity index (χ3v) is 6.28. The molecule has 0 saturated heterocycles. The van der Waals surface area contributed by atoms with Crippen molar-refractivity contribution in [2.45, 2.75) is 36.4 Å². The molecule has 3 nitrogen and oxygen atoms in total. The van der Waals surface area contributed by atoms with E-state index in [2.05, 4.69) is 20.7 Å². The van der Waals surface area contributed by atoms with Crippen LogP contribution in [0, 0.1) is 0 Å². The summed E-state index contributed by atoms with van der Waals surface area (Å²) >= 11 is 2.96. The monoisotopic (exact) mass is 433 g/mol. The van der Waals surface area contributed by atoms with E-state index in [0.717, 1.165) is 23.3 Å². The second-order valence-corrected chi connectivity index (χ2v) is 8.57. The molecule has 0 fully saturated rings. The van der Waals surface area contributed by atoms with Crippen molar-refractivity contribution in [2.24, 2.45) is 0 Å². The van der Waals surface area contributed by atoms with E-state index in [1.807, 2.05) is 24.3 Å². The Morgan fingerprint density at radius 3 is 2.44 bits per heavy atom. The van der Waals surface area contributed by atoms with Crippen molar-refractivity contribution in [3.63, 3.8) is 0 Å². The average molecular weight is 434 g/mol. The highest BCUT2D eigenvalue weighted by Crippen LogP contribution is 2.36. The third-order valence-electron chi connectivity index (χ3n) is 4.21. The fraction of sp³-hybridized carbons (Fsp3) is 0.294. The van der Waals surface area contributed by atoms with Gasteiger partial charge < -0.3 is 0 Å². The van der Waals surface area contributed by atoms with E-state index in [1.165, 1.54) is 6.07 Å². The molecule has 0 unspecified atom stereocenters. The van der Waals surface area contributed by atoms with Crippen molar-refractivity contribution < 1.29 is 21.6 Å². The molecule has 134 valence electrons. The lowest BCUT2D eigenvalue weighted by Gasteiger charge is -2.26. The Labute approximate surface area is 152 Å². The molecule has 0 aromatic heterocycles. The van der Waals surface area contributed by atoms with Crippen LogP contribution in [0.2, 0.25) is 0 Å². The summed E-state index contributed by atoms with van der Waals surface area (Å²) < 4.78 is 67.4. The number of aryl methyl sites for hydroxylation is 1. The Morgan fingerprint density at radius 2 is 1.76 bits per heavy atom. The fourth-order valence-corrected chi connectivity index (χ4v) is 4.88. The van der Waals surface area contributed by atoms with Gasteiger partial charge in [0.1, 0.15) is 0 Å². The van der Waals surface area contributed by atoms with Crippen molar-refractivity contribution in [1.82, 2.24) is 4.72 Å². The normalized spacial score (nSPS) is 18.0. The van der Waals surface area contributed by atoms with E-state index in [1.54, 1.807) is 0 Å². The Balaban J connectivity index is 1.89. The second-order valence-electron chi connectivity index (χ2n) is 5.97. The lowest BCUT2D eigenvalue weighted by Crippen LogP contribution is -2.39. The molecule has 0 spiro atoms. The summed E-state index contributed by atoms with van der Waals surface area (Å²) in [7, 11) is -4.28. The maximum atomic E-state index is 13.2. The Hall–Kier alpha value is -1.38. The lowest BCUT2D eigenvalue weighted by atomic mass is 9.89. The minimum atomic E-state index is -4.76. The predicted octanol–water partition coefficient (Wildman–Crippen LogP) is 4.30. The van der Waals surface area contributed by atoms with Crippen molar-refractivity contribution >= 4 is 26.0 Å². The Morgan fingerprint density at radius 1 is 1.08 bits per heavy atom. The standard InChI is InChI=1S/C17H15BrF3NO2S/c18-13-6-8-16(15(10-13)17(19,20)21)25(23,24)22-14-7-5-11-3-1-2-4-12(11)9-14/h1-4,6,8,10,14,22H,5,7,9H2/t14-/m1/s1. The number of nitrogens with one attached hydrogen (secondary N) is 1. The van der Waals surface area contributed by atoms with E-state index in [0.29, 0.717) is 19.3 Å². The molecule has 0 radical (unpaired) electrons. The summed E-state index contributed by atoms with van der Waals surface area (Å²) in [6.45, 7) is 0. The first kappa shape index (κ1) is 18.4. The molecule has 2 aromatic rings. The summed E-state index contributed by atoms with van der Waals surface area (Å²) in [4.78, 5) is -0.748. The van der Waals surface area contributed by atoms with Gasteiger partial charge in [0.15, 0.2) is 0 Å². The van der Waals surface area contributed by atoms with Gasteiger partial charge in [-0.05, 0) is 48.6 Å². The van der Waals surface area contributed by atoms with Gasteiger partial charge in [-0.2, -0.15) is 13.2 Å². The third kappa shape index (κ3) is 4.07. The summed E-state index contributed by atoms with van der Waals surface area (Å²) in [6.07, 6.45) is -3.05. The average Bonchev–Trinajstić information content (AvgIpc) is 2.53. The molecule has 0 bridgehead atoms. The number of benzene rings is 2. The molecule has 0 aliphatic heterocycles. The zero-order chi connectivity index (χ0) is 18.2. The van der Waals surface area contributed by atoms with Crippen molar-refractivity contribution in [3.05, 3.63) is 63.6 Å². The molecule has 0 amide bonds. The zero-order valence-electron chi connectivity index (χ0n) is 13.0. The molecule has 1 aliphatic carbocycles. The number of sulfonamides is 1. The Kier molecular flexibility index (Phi) is 4.96. The van der Waals surface area contributed by atoms with Gasteiger partial charge in [-0.15, -0.1) is 0 Å². The van der Waals surface area contributed by atoms with Gasteiger partial charge in [0, 0.05) is 10.5 Å². The highest BCUT2D eigenvalue weighted by Gasteiger charge is 2.38. The van der Waals surface area contributed by atoms with Crippen LogP contribution in [0.25, 0.3) is 0 Å². The molecule has 25 heavy (non-hydrogen) atoms. The molecule has 1 N–H and O–H groups in total. The van der Waals surface area contributed by atoms with E-state index < -0.39 is 32.7 Å². The van der Waals surface area contributed by atoms with Gasteiger partial charge in [0.25, 0.3) is 0 Å². The molecule has 0 heterocycles. The van der Waals surface area contributed by atoms with Gasteiger partial charge in [-0.3, -0.25) is 0 Å². The fourth-order valence-electron chi connectivity index (χ4n) is 3.04. The number of hydrogen-bond acceptors (Lipinski definition) is 2. The molecule has 1 atom stereocenters. The summed E-state index contributed by atoms with van der Waals surface area (Å²) in [5.41, 5.74) is 0.997. The van der Waals surface area contributed by atoms with Gasteiger partial charge in [0.05, 0.1) is 10.5 Å². The topological polar surface area (TPSA) is 46.2 Å². The van der Waals surface area contributed by atoms with Gasteiger partial charge in [-0.1, -0.05) is 40.2 Å². The minimum Gasteiger partial charge on any atom is -0.208 e. The number of halogens is 4. The first-order valence-electron chi connectivity index (χ1n) is 7.63. The van der Waals surface area contributed by atoms with E-state index in [9.17, 15) is 21.6 Å². The van der Waals surface area contributed by atoms with Crippen molar-refractivity contribution in [1.29, 1.82) is 0 Å². The Bertz CT molecular complexity index is 897. The first-order chi connectivity index (χ1) is 11.7. The first-order valence-corrected chi connectivity index (χ1v) is 9.90. The lowest BCUT2D eigenvalue weighted by molar-refractivity contribution is -0.139. The van der Waals surface area contributed by atoms with Gasteiger partial charge >= 0.3 is 6.18 Å². The second kappa shape index (κ2) is 6.74. The highest BCUT2D eigenvalue weighted by atomic mass is 79.9. The van der Waals surface area contributed by atoms with Crippen LogP contribution in [-0.2, 0) is 29.0 Å². The largest absolute Gasteiger partial charge is 0.417 e. The van der Waals surface area contributed by atoms with Gasteiger partial charge in [-0.25, -0.2) is 13.1 Å². The van der Waals surface area contributed by atoms with Crippen LogP contribution >= 0.6 is 15.9 Å². The molecule has 0 saturated carbocycles. The highest BCUT2D eigenvalue weighted by molar-refractivity contribution is 9.10. The zero-order valence-corrected chi connectivity index (χ0v) is 15.4. The van der Waals surface area contributed by atoms with Crippen molar-refractivity contribution in [3.8, 4) is 0 Å². The molecule has 8 heteroatoms. The van der Waals surface area contributed by atoms with E-state index in [4.69, 9.17) is 0 Å². The van der Waals surface area contributed by atoms with E-state index >= 15 is 0 Å². The minimum absolute atomic E-state index is 0.172. The number of alkyl halides is 3. The van der Waals surface area contributed by atoms with Crippen LogP contribution in [0.3, 0.4) is 0 Å². The smallest absolute Gasteiger partial charge is 0.208 e. The van der Waals surface area contributed by atoms with Crippen LogP contribution in [0.1, 0.15) is 23.1 Å². The SMILES string of the molecule is O=S(=O)(N[C@@H]1CCc2ccccc2C1)c1ccc(Br)cc1C(F)(F)F. The summed E-state index contributed by atoms with van der Waals surface area (Å²) in [6, 6.07) is 10.3. The number of rotatable bonds is 3. The molecular weight excluding hydrogens is 419 g/mol. The summed E-state index contributed by atoms with van der Waals surface area (Å²) in [5.74, 6) is 0. The van der Waals surface area contributed by atoms with Crippen molar-refractivity contribution in [2.75, 3.05) is 0 Å². The summed E-state index contributed by atoms with van der Waals surface area (Å²) in [5, 5.41) is 0. The molecular formula is C17H15BrF3NO2S. The van der Waals surface area contributed by atoms with Crippen LogP contribution in [0.5, 0.6) is 0 Å². The maximum absolute atomic E-state index is 13.2. The van der Waals surface area contributed by atoms with Crippen LogP contribution < -0.4 is 4.72 Å². The van der Waals surface area contributed by atoms with E-state index in [-0.39, 0.29) is 4.47 Å². The molecule has 2 aromatic carbocycles. The van der Waals surface area contributed by atoms with Gasteiger partial charge in [0.2, 0.25) is 10.0 Å². The molecule has 1 aliphatic rings. The molecule has 3 rings (SSSR count). The van der Waals surface area contributed by atoms with Crippen LogP contribution in [0.15, 0.2) is 51.8 Å². The maximum Gasteiger partial charge on any atom is 0.417 e. The quantitative estimate of drug-likeness (QED) is 0.783. The van der Waals surface area contributed by atoms with Crippen LogP contribution in [0.4, 0.5) is 13.2 Å². The number of fused-ring (bicyclic) bond motifs is 1. The van der Waals surface area contributed by atoms with Crippen LogP contribution in [-0.4, -0.2) is 14.5 Å².